The van der Waals surface area contributed by atoms with E-state index < -0.39 is 11.4 Å². The van der Waals surface area contributed by atoms with Crippen molar-refractivity contribution in [2.45, 2.75) is 12.1 Å². The van der Waals surface area contributed by atoms with Crippen LogP contribution in [0.4, 0.5) is 8.78 Å². The van der Waals surface area contributed by atoms with Crippen molar-refractivity contribution < 1.29 is 23.4 Å². The average molecular weight is 346 g/mol. The summed E-state index contributed by atoms with van der Waals surface area (Å²) in [6.45, 7) is 0.977. The Bertz CT molecular complexity index is 804. The normalized spacial score (nSPS) is 23.0. The van der Waals surface area contributed by atoms with Crippen LogP contribution in [-0.2, 0) is 21.9 Å². The Morgan fingerprint density at radius 1 is 1.08 bits per heavy atom. The van der Waals surface area contributed by atoms with E-state index in [1.54, 1.807) is 23.1 Å². The van der Waals surface area contributed by atoms with Gasteiger partial charge in [-0.1, -0.05) is 18.2 Å². The minimum Gasteiger partial charge on any atom is -0.332 e. The second kappa shape index (κ2) is 6.18. The van der Waals surface area contributed by atoms with E-state index >= 15 is 0 Å². The van der Waals surface area contributed by atoms with Crippen LogP contribution < -0.4 is 5.32 Å². The minimum absolute atomic E-state index is 0.140. The first kappa shape index (κ1) is 16.1. The molecule has 1 amide bonds. The van der Waals surface area contributed by atoms with Crippen LogP contribution in [0.5, 0.6) is 0 Å². The second-order valence-electron chi connectivity index (χ2n) is 6.25. The maximum atomic E-state index is 13.4. The van der Waals surface area contributed by atoms with Crippen LogP contribution in [-0.4, -0.2) is 30.7 Å². The largest absolute Gasteiger partial charge is 0.332 e. The van der Waals surface area contributed by atoms with Gasteiger partial charge >= 0.3 is 0 Å². The van der Waals surface area contributed by atoms with Crippen LogP contribution in [0.15, 0.2) is 42.5 Å². The zero-order valence-corrected chi connectivity index (χ0v) is 13.3. The quantitative estimate of drug-likeness (QED) is 0.867. The number of benzene rings is 2. The van der Waals surface area contributed by atoms with Crippen molar-refractivity contribution in [2.75, 3.05) is 19.9 Å². The molecule has 5 nitrogen and oxygen atoms in total. The third kappa shape index (κ3) is 2.90. The van der Waals surface area contributed by atoms with Crippen LogP contribution in [0.1, 0.15) is 21.5 Å². The zero-order chi connectivity index (χ0) is 17.4. The molecule has 2 aliphatic rings. The van der Waals surface area contributed by atoms with Gasteiger partial charge in [-0.15, -0.1) is 0 Å². The molecule has 0 bridgehead atoms. The smallest absolute Gasteiger partial charge is 0.254 e. The lowest BCUT2D eigenvalue weighted by molar-refractivity contribution is -0.339. The number of halogens is 2. The molecule has 2 aromatic rings. The fourth-order valence-corrected chi connectivity index (χ4v) is 3.34. The Hall–Kier alpha value is -2.35. The van der Waals surface area contributed by atoms with Crippen LogP contribution in [0, 0.1) is 11.6 Å². The summed E-state index contributed by atoms with van der Waals surface area (Å²) in [4.78, 5) is 24.3. The number of carbonyl (C=O) groups excluding carboxylic acids is 1. The molecular weight excluding hydrogens is 330 g/mol. The van der Waals surface area contributed by atoms with Gasteiger partial charge in [0, 0.05) is 18.7 Å². The molecule has 0 aliphatic carbocycles. The fourth-order valence-electron chi connectivity index (χ4n) is 3.34. The standard InChI is InChI=1S/C18H16F2N2O3/c19-14-5-2-13(3-6-14)18(10-24-25-11-21-18)9-22-8-12-1-4-15(20)7-16(12)17(22)23/h1-7,21H,8-11H2/t18-/m0/s1. The van der Waals surface area contributed by atoms with E-state index in [0.29, 0.717) is 12.1 Å². The van der Waals surface area contributed by atoms with Gasteiger partial charge in [-0.3, -0.25) is 10.1 Å². The molecule has 0 aromatic heterocycles. The molecule has 2 heterocycles. The zero-order valence-electron chi connectivity index (χ0n) is 13.3. The van der Waals surface area contributed by atoms with E-state index in [2.05, 4.69) is 5.32 Å². The Balaban J connectivity index is 1.64. The van der Waals surface area contributed by atoms with Gasteiger partial charge in [0.25, 0.3) is 5.91 Å². The SMILES string of the molecule is O=C1c2cc(F)ccc2CN1C[C@@]1(c2ccc(F)cc2)COOCN1. The Morgan fingerprint density at radius 2 is 1.84 bits per heavy atom. The summed E-state index contributed by atoms with van der Waals surface area (Å²) >= 11 is 0. The molecule has 0 radical (unpaired) electrons. The first-order chi connectivity index (χ1) is 12.1. The van der Waals surface area contributed by atoms with E-state index in [4.69, 9.17) is 9.78 Å². The summed E-state index contributed by atoms with van der Waals surface area (Å²) in [5, 5.41) is 3.22. The van der Waals surface area contributed by atoms with E-state index in [1.165, 1.54) is 24.3 Å². The van der Waals surface area contributed by atoms with E-state index in [1.807, 2.05) is 0 Å². The molecule has 0 unspecified atom stereocenters. The molecule has 0 saturated carbocycles. The van der Waals surface area contributed by atoms with Gasteiger partial charge in [0.15, 0.2) is 0 Å². The average Bonchev–Trinajstić information content (AvgIpc) is 2.92. The lowest BCUT2D eigenvalue weighted by Crippen LogP contribution is -2.57. The molecular formula is C18H16F2N2O3. The van der Waals surface area contributed by atoms with Gasteiger partial charge in [0.1, 0.15) is 25.0 Å². The first-order valence-corrected chi connectivity index (χ1v) is 7.91. The molecule has 25 heavy (non-hydrogen) atoms. The van der Waals surface area contributed by atoms with Gasteiger partial charge in [-0.25, -0.2) is 18.6 Å². The number of nitrogens with zero attached hydrogens (tertiary/aromatic N) is 1. The molecule has 1 atom stereocenters. The van der Waals surface area contributed by atoms with Crippen LogP contribution in [0.3, 0.4) is 0 Å². The monoisotopic (exact) mass is 346 g/mol. The van der Waals surface area contributed by atoms with E-state index in [0.717, 1.165) is 11.1 Å². The van der Waals surface area contributed by atoms with Crippen LogP contribution >= 0.6 is 0 Å². The fraction of sp³-hybridized carbons (Fsp3) is 0.278. The third-order valence-corrected chi connectivity index (χ3v) is 4.67. The molecule has 1 fully saturated rings. The highest BCUT2D eigenvalue weighted by Crippen LogP contribution is 2.31. The Labute approximate surface area is 143 Å². The number of fused-ring (bicyclic) bond motifs is 1. The topological polar surface area (TPSA) is 50.8 Å². The third-order valence-electron chi connectivity index (χ3n) is 4.67. The Morgan fingerprint density at radius 3 is 2.56 bits per heavy atom. The number of hydrogen-bond donors (Lipinski definition) is 1. The summed E-state index contributed by atoms with van der Waals surface area (Å²) in [7, 11) is 0. The van der Waals surface area contributed by atoms with Crippen LogP contribution in [0.2, 0.25) is 0 Å². The van der Waals surface area contributed by atoms with Gasteiger partial charge in [-0.05, 0) is 35.4 Å². The molecule has 130 valence electrons. The Kier molecular flexibility index (Phi) is 3.99. The number of hydrogen-bond acceptors (Lipinski definition) is 4. The first-order valence-electron chi connectivity index (χ1n) is 7.91. The maximum absolute atomic E-state index is 13.4. The minimum atomic E-state index is -0.734. The number of carbonyl (C=O) groups is 1. The molecule has 0 spiro atoms. The molecule has 2 aromatic carbocycles. The van der Waals surface area contributed by atoms with Crippen molar-refractivity contribution in [2.24, 2.45) is 0 Å². The predicted molar refractivity (Wildman–Crippen MR) is 84.3 cm³/mol. The highest BCUT2D eigenvalue weighted by molar-refractivity contribution is 5.98. The lowest BCUT2D eigenvalue weighted by atomic mass is 9.89. The van der Waals surface area contributed by atoms with Gasteiger partial charge in [0.2, 0.25) is 0 Å². The molecule has 1 saturated heterocycles. The van der Waals surface area contributed by atoms with Gasteiger partial charge in [0.05, 0.1) is 5.54 Å². The second-order valence-corrected chi connectivity index (χ2v) is 6.25. The number of nitrogens with one attached hydrogen (secondary N) is 1. The van der Waals surface area contributed by atoms with Crippen LogP contribution in [0.25, 0.3) is 0 Å². The highest BCUT2D eigenvalue weighted by Gasteiger charge is 2.41. The number of amides is 1. The highest BCUT2D eigenvalue weighted by atomic mass is 19.1. The summed E-state index contributed by atoms with van der Waals surface area (Å²) in [6, 6.07) is 10.3. The molecule has 2 aliphatic heterocycles. The summed E-state index contributed by atoms with van der Waals surface area (Å²) < 4.78 is 26.7. The van der Waals surface area contributed by atoms with E-state index in [-0.39, 0.29) is 31.6 Å². The van der Waals surface area contributed by atoms with Crippen molar-refractivity contribution >= 4 is 5.91 Å². The molecule has 1 N–H and O–H groups in total. The molecule has 4 rings (SSSR count). The van der Waals surface area contributed by atoms with Gasteiger partial charge < -0.3 is 4.90 Å². The van der Waals surface area contributed by atoms with Gasteiger partial charge in [-0.2, -0.15) is 0 Å². The van der Waals surface area contributed by atoms with Crippen molar-refractivity contribution in [3.63, 3.8) is 0 Å². The number of rotatable bonds is 3. The lowest BCUT2D eigenvalue weighted by Gasteiger charge is -2.40. The summed E-state index contributed by atoms with van der Waals surface area (Å²) in [5.74, 6) is -1.01. The summed E-state index contributed by atoms with van der Waals surface area (Å²) in [6.07, 6.45) is 0. The predicted octanol–water partition coefficient (Wildman–Crippen LogP) is 2.33. The summed E-state index contributed by atoms with van der Waals surface area (Å²) in [5.41, 5.74) is 1.21. The van der Waals surface area contributed by atoms with E-state index in [9.17, 15) is 13.6 Å². The maximum Gasteiger partial charge on any atom is 0.254 e. The van der Waals surface area contributed by atoms with Crippen molar-refractivity contribution in [3.05, 3.63) is 70.8 Å². The van der Waals surface area contributed by atoms with Crippen molar-refractivity contribution in [1.82, 2.24) is 10.2 Å². The van der Waals surface area contributed by atoms with Crippen molar-refractivity contribution in [1.29, 1.82) is 0 Å². The van der Waals surface area contributed by atoms with Crippen molar-refractivity contribution in [3.8, 4) is 0 Å². The molecule has 7 heteroatoms.